The van der Waals surface area contributed by atoms with Gasteiger partial charge in [-0.15, -0.1) is 0 Å². The van der Waals surface area contributed by atoms with Gasteiger partial charge in [-0.05, 0) is 25.8 Å². The van der Waals surface area contributed by atoms with E-state index in [2.05, 4.69) is 16.0 Å². The molecule has 1 aromatic rings. The SMILES string of the molecule is C[C@H](NC1NC(=O)N(C2CCOCC2)C(=O)N1)c1ccc(F)cc1F. The van der Waals surface area contributed by atoms with Gasteiger partial charge in [-0.2, -0.15) is 0 Å². The molecule has 1 atom stereocenters. The number of halogens is 2. The van der Waals surface area contributed by atoms with Gasteiger partial charge in [-0.1, -0.05) is 6.07 Å². The molecule has 7 nitrogen and oxygen atoms in total. The average molecular weight is 354 g/mol. The Bertz CT molecular complexity index is 649. The summed E-state index contributed by atoms with van der Waals surface area (Å²) in [6, 6.07) is 1.48. The topological polar surface area (TPSA) is 82.7 Å². The van der Waals surface area contributed by atoms with Crippen molar-refractivity contribution in [3.8, 4) is 0 Å². The number of hydrogen-bond donors (Lipinski definition) is 3. The van der Waals surface area contributed by atoms with E-state index in [0.29, 0.717) is 26.1 Å². The molecule has 25 heavy (non-hydrogen) atoms. The van der Waals surface area contributed by atoms with Gasteiger partial charge in [-0.25, -0.2) is 23.3 Å². The summed E-state index contributed by atoms with van der Waals surface area (Å²) >= 11 is 0. The number of imide groups is 1. The number of hydrogen-bond acceptors (Lipinski definition) is 4. The van der Waals surface area contributed by atoms with Crippen molar-refractivity contribution in [3.63, 3.8) is 0 Å². The van der Waals surface area contributed by atoms with Gasteiger partial charge in [0.1, 0.15) is 11.6 Å². The molecule has 4 amide bonds. The minimum atomic E-state index is -0.851. The molecule has 2 saturated heterocycles. The summed E-state index contributed by atoms with van der Waals surface area (Å²) in [6.07, 6.45) is 0.335. The van der Waals surface area contributed by atoms with Gasteiger partial charge in [0.15, 0.2) is 6.29 Å². The van der Waals surface area contributed by atoms with Crippen LogP contribution in [0.3, 0.4) is 0 Å². The van der Waals surface area contributed by atoms with Gasteiger partial charge in [0.25, 0.3) is 0 Å². The largest absolute Gasteiger partial charge is 0.381 e. The lowest BCUT2D eigenvalue weighted by atomic mass is 10.1. The average Bonchev–Trinajstić information content (AvgIpc) is 2.55. The minimum absolute atomic E-state index is 0.207. The Balaban J connectivity index is 1.63. The first-order valence-corrected chi connectivity index (χ1v) is 8.14. The van der Waals surface area contributed by atoms with Gasteiger partial charge in [0.05, 0.1) is 0 Å². The van der Waals surface area contributed by atoms with Gasteiger partial charge in [0.2, 0.25) is 0 Å². The van der Waals surface area contributed by atoms with Crippen molar-refractivity contribution in [3.05, 3.63) is 35.4 Å². The van der Waals surface area contributed by atoms with Crippen LogP contribution in [-0.2, 0) is 4.74 Å². The van der Waals surface area contributed by atoms with E-state index in [1.807, 2.05) is 0 Å². The molecule has 9 heteroatoms. The van der Waals surface area contributed by atoms with Crippen molar-refractivity contribution in [2.45, 2.75) is 38.1 Å². The summed E-state index contributed by atoms with van der Waals surface area (Å²) in [5, 5.41) is 8.17. The molecule has 2 aliphatic rings. The Morgan fingerprint density at radius 3 is 2.44 bits per heavy atom. The molecule has 0 aromatic heterocycles. The zero-order valence-corrected chi connectivity index (χ0v) is 13.7. The number of ether oxygens (including phenoxy) is 1. The highest BCUT2D eigenvalue weighted by Gasteiger charge is 2.37. The third-order valence-corrected chi connectivity index (χ3v) is 4.37. The number of nitrogens with one attached hydrogen (secondary N) is 3. The molecule has 0 radical (unpaired) electrons. The smallest absolute Gasteiger partial charge is 0.328 e. The number of benzene rings is 1. The van der Waals surface area contributed by atoms with E-state index < -0.39 is 36.0 Å². The van der Waals surface area contributed by atoms with Crippen LogP contribution in [0.25, 0.3) is 0 Å². The molecule has 0 unspecified atom stereocenters. The Morgan fingerprint density at radius 1 is 1.20 bits per heavy atom. The summed E-state index contributed by atoms with van der Waals surface area (Å²) in [6.45, 7) is 2.66. The highest BCUT2D eigenvalue weighted by molar-refractivity contribution is 5.96. The molecule has 0 spiro atoms. The molecular formula is C16H20F2N4O3. The molecule has 1 aromatic carbocycles. The molecule has 3 rings (SSSR count). The van der Waals surface area contributed by atoms with Gasteiger partial charge in [0, 0.05) is 36.9 Å². The summed E-state index contributed by atoms with van der Waals surface area (Å²) in [5.74, 6) is -1.36. The van der Waals surface area contributed by atoms with Gasteiger partial charge < -0.3 is 15.4 Å². The summed E-state index contributed by atoms with van der Waals surface area (Å²) in [4.78, 5) is 25.7. The first-order chi connectivity index (χ1) is 12.0. The van der Waals surface area contributed by atoms with Crippen molar-refractivity contribution in [1.82, 2.24) is 20.9 Å². The quantitative estimate of drug-likeness (QED) is 0.770. The van der Waals surface area contributed by atoms with E-state index in [-0.39, 0.29) is 11.6 Å². The number of carbonyl (C=O) groups is 2. The standard InChI is InChI=1S/C16H20F2N4O3/c1-9(12-3-2-10(17)8-13(12)18)19-14-20-15(23)22(16(24)21-14)11-4-6-25-7-5-11/h2-3,8-9,11,14,19H,4-7H2,1H3,(H,20,23)(H,21,24)/t9-/m0/s1. The lowest BCUT2D eigenvalue weighted by Gasteiger charge is -2.39. The first kappa shape index (κ1) is 17.6. The van der Waals surface area contributed by atoms with E-state index in [1.165, 1.54) is 6.07 Å². The summed E-state index contributed by atoms with van der Waals surface area (Å²) < 4.78 is 32.1. The van der Waals surface area contributed by atoms with E-state index in [0.717, 1.165) is 17.0 Å². The second kappa shape index (κ2) is 7.32. The van der Waals surface area contributed by atoms with Crippen LogP contribution in [0.2, 0.25) is 0 Å². The predicted octanol–water partition coefficient (Wildman–Crippen LogP) is 1.81. The Morgan fingerprint density at radius 2 is 1.84 bits per heavy atom. The maximum atomic E-state index is 13.8. The van der Waals surface area contributed by atoms with E-state index in [4.69, 9.17) is 4.74 Å². The number of carbonyl (C=O) groups excluding carboxylic acids is 2. The van der Waals surface area contributed by atoms with Crippen LogP contribution in [0.15, 0.2) is 18.2 Å². The van der Waals surface area contributed by atoms with Crippen LogP contribution in [0.5, 0.6) is 0 Å². The van der Waals surface area contributed by atoms with Crippen molar-refractivity contribution < 1.29 is 23.1 Å². The van der Waals surface area contributed by atoms with Crippen LogP contribution in [0, 0.1) is 11.6 Å². The van der Waals surface area contributed by atoms with Crippen molar-refractivity contribution in [2.75, 3.05) is 13.2 Å². The van der Waals surface area contributed by atoms with E-state index in [1.54, 1.807) is 6.92 Å². The molecule has 2 aliphatic heterocycles. The zero-order chi connectivity index (χ0) is 18.0. The van der Waals surface area contributed by atoms with E-state index >= 15 is 0 Å². The van der Waals surface area contributed by atoms with Crippen LogP contribution >= 0.6 is 0 Å². The maximum Gasteiger partial charge on any atom is 0.328 e. The molecule has 0 bridgehead atoms. The second-order valence-electron chi connectivity index (χ2n) is 6.10. The molecule has 136 valence electrons. The second-order valence-corrected chi connectivity index (χ2v) is 6.10. The highest BCUT2D eigenvalue weighted by atomic mass is 19.1. The fourth-order valence-corrected chi connectivity index (χ4v) is 3.07. The third kappa shape index (κ3) is 3.88. The van der Waals surface area contributed by atoms with Crippen molar-refractivity contribution in [2.24, 2.45) is 0 Å². The fourth-order valence-electron chi connectivity index (χ4n) is 3.07. The Hall–Kier alpha value is -2.26. The van der Waals surface area contributed by atoms with Crippen LogP contribution in [0.1, 0.15) is 31.4 Å². The molecule has 0 saturated carbocycles. The Labute approximate surface area is 143 Å². The molecule has 0 aliphatic carbocycles. The number of amides is 4. The molecule has 2 fully saturated rings. The molecule has 3 N–H and O–H groups in total. The van der Waals surface area contributed by atoms with E-state index in [9.17, 15) is 18.4 Å². The van der Waals surface area contributed by atoms with Crippen LogP contribution < -0.4 is 16.0 Å². The Kier molecular flexibility index (Phi) is 5.14. The number of urea groups is 2. The zero-order valence-electron chi connectivity index (χ0n) is 13.7. The van der Waals surface area contributed by atoms with Crippen LogP contribution in [0.4, 0.5) is 18.4 Å². The normalized spacial score (nSPS) is 21.0. The van der Waals surface area contributed by atoms with Crippen molar-refractivity contribution in [1.29, 1.82) is 0 Å². The number of nitrogens with zero attached hydrogens (tertiary/aromatic N) is 1. The van der Waals surface area contributed by atoms with Crippen molar-refractivity contribution >= 4 is 12.1 Å². The number of rotatable bonds is 4. The first-order valence-electron chi connectivity index (χ1n) is 8.14. The monoisotopic (exact) mass is 354 g/mol. The molecule has 2 heterocycles. The lowest BCUT2D eigenvalue weighted by molar-refractivity contribution is 0.0492. The fraction of sp³-hybridized carbons (Fsp3) is 0.500. The third-order valence-electron chi connectivity index (χ3n) is 4.37. The highest BCUT2D eigenvalue weighted by Crippen LogP contribution is 2.19. The summed E-state index contributed by atoms with van der Waals surface area (Å²) in [7, 11) is 0. The van der Waals surface area contributed by atoms with Gasteiger partial charge in [-0.3, -0.25) is 5.32 Å². The predicted molar refractivity (Wildman–Crippen MR) is 84.4 cm³/mol. The van der Waals surface area contributed by atoms with Gasteiger partial charge >= 0.3 is 12.1 Å². The minimum Gasteiger partial charge on any atom is -0.381 e. The van der Waals surface area contributed by atoms with Crippen LogP contribution in [-0.4, -0.2) is 42.5 Å². The molecular weight excluding hydrogens is 334 g/mol. The summed E-state index contributed by atoms with van der Waals surface area (Å²) in [5.41, 5.74) is 0.233. The maximum absolute atomic E-state index is 13.8. The lowest BCUT2D eigenvalue weighted by Crippen LogP contribution is -2.70.